The van der Waals surface area contributed by atoms with E-state index in [4.69, 9.17) is 10.5 Å². The number of carbonyl (C=O) groups excluding carboxylic acids is 2. The average molecular weight is 834 g/mol. The second-order valence-corrected chi connectivity index (χ2v) is 13.7. The van der Waals surface area contributed by atoms with Crippen LogP contribution in [0.3, 0.4) is 0 Å². The molecule has 55 heavy (non-hydrogen) atoms. The van der Waals surface area contributed by atoms with Crippen molar-refractivity contribution in [3.8, 4) is 0 Å². The summed E-state index contributed by atoms with van der Waals surface area (Å²) in [5.41, 5.74) is 7.28. The number of hydrogen-bond acceptors (Lipinski definition) is 18. The number of hydrogen-bond donors (Lipinski definition) is 5. The summed E-state index contributed by atoms with van der Waals surface area (Å²) in [4.78, 5) is 34.0. The van der Waals surface area contributed by atoms with Gasteiger partial charge < -0.3 is 38.1 Å². The molecule has 2 aromatic heterocycles. The van der Waals surface area contributed by atoms with Gasteiger partial charge in [0.2, 0.25) is 0 Å². The van der Waals surface area contributed by atoms with Crippen LogP contribution in [-0.4, -0.2) is 134 Å². The number of ether oxygens (including phenoxy) is 3. The first kappa shape index (κ1) is 49.8. The van der Waals surface area contributed by atoms with Crippen LogP contribution in [0, 0.1) is 0 Å². The molecular formula is C30H40MgN7NaO14S2. The molecule has 0 bridgehead atoms. The Bertz CT molecular complexity index is 1960. The molecule has 0 saturated carbocycles. The van der Waals surface area contributed by atoms with Crippen LogP contribution in [0.4, 0.5) is 26.8 Å². The Hall–Kier alpha value is -3.24. The Kier molecular flexibility index (Phi) is 20.9. The van der Waals surface area contributed by atoms with E-state index in [2.05, 4.69) is 43.4 Å². The molecule has 4 aromatic rings. The van der Waals surface area contributed by atoms with Crippen LogP contribution in [0.5, 0.6) is 0 Å². The maximum atomic E-state index is 11.3. The van der Waals surface area contributed by atoms with Gasteiger partial charge in [-0.25, -0.2) is 24.5 Å². The molecule has 5 rings (SSSR count). The summed E-state index contributed by atoms with van der Waals surface area (Å²) in [5.74, 6) is 0.206. The topological polar surface area (TPSA) is 306 Å². The number of aromatic nitrogens is 4. The molecule has 6 N–H and O–H groups in total. The predicted octanol–water partition coefficient (Wildman–Crippen LogP) is -2.58. The Morgan fingerprint density at radius 2 is 1.31 bits per heavy atom. The van der Waals surface area contributed by atoms with E-state index in [0.29, 0.717) is 22.5 Å². The van der Waals surface area contributed by atoms with Crippen LogP contribution in [0.25, 0.3) is 11.2 Å². The van der Waals surface area contributed by atoms with Gasteiger partial charge in [0.1, 0.15) is 24.1 Å². The third-order valence-corrected chi connectivity index (χ3v) is 9.51. The molecule has 294 valence electrons. The van der Waals surface area contributed by atoms with Crippen molar-refractivity contribution in [1.82, 2.24) is 19.5 Å². The standard InChI is InChI=1S/C10H12N5O4.2C10H13NO5S.Mg.Na.2H/c11-8-5-9(13-2-12-8)15(3-14-5)10-7(18)6(17)4(1-16)19-10;2*1-3-16-10(12)11-8-4-6-9(7-5-8)17(13,14)15-2;;;;/h2-4,6-7,10,17-18H,1H2,(H2,11,12,13);2*4-7H,3H2,1-2H3,(H,11,12);;;;/q-1;;;+2;+1;2*-1. The van der Waals surface area contributed by atoms with E-state index >= 15 is 0 Å². The number of carbonyl (C=O) groups is 2. The smallest absolute Gasteiger partial charge is 1.00 e. The first-order valence-corrected chi connectivity index (χ1v) is 18.2. The van der Waals surface area contributed by atoms with Gasteiger partial charge in [-0.05, 0) is 62.4 Å². The number of nitrogens with zero attached hydrogens (tertiary/aromatic N) is 4. The van der Waals surface area contributed by atoms with E-state index < -0.39 is 63.6 Å². The Labute approximate surface area is 357 Å². The van der Waals surface area contributed by atoms with Crippen LogP contribution in [0.2, 0.25) is 0 Å². The summed E-state index contributed by atoms with van der Waals surface area (Å²) in [5, 5.41) is 35.3. The molecule has 1 aliphatic rings. The molecule has 0 aliphatic carbocycles. The van der Waals surface area contributed by atoms with Crippen LogP contribution in [0.1, 0.15) is 22.9 Å². The van der Waals surface area contributed by atoms with E-state index in [1.807, 2.05) is 0 Å². The van der Waals surface area contributed by atoms with Crippen molar-refractivity contribution in [2.45, 2.75) is 48.2 Å². The molecule has 3 heterocycles. The van der Waals surface area contributed by atoms with Gasteiger partial charge in [0.05, 0.1) is 49.7 Å². The van der Waals surface area contributed by atoms with Gasteiger partial charge in [-0.15, -0.1) is 6.61 Å². The van der Waals surface area contributed by atoms with Crippen molar-refractivity contribution < 1.29 is 96.7 Å². The predicted molar refractivity (Wildman–Crippen MR) is 191 cm³/mol. The zero-order valence-corrected chi connectivity index (χ0v) is 35.4. The fourth-order valence-electron chi connectivity index (χ4n) is 4.33. The van der Waals surface area contributed by atoms with Crippen LogP contribution in [0.15, 0.2) is 71.0 Å². The number of nitrogens with two attached hydrogens (primary N) is 1. The summed E-state index contributed by atoms with van der Waals surface area (Å²) in [7, 11) is -5.23. The quantitative estimate of drug-likeness (QED) is 0.0809. The fraction of sp³-hybridized carbons (Fsp3) is 0.367. The van der Waals surface area contributed by atoms with Crippen LogP contribution >= 0.6 is 0 Å². The second-order valence-electron chi connectivity index (χ2n) is 10.3. The number of benzene rings is 2. The number of aliphatic hydroxyl groups excluding tert-OH is 2. The van der Waals surface area contributed by atoms with Gasteiger partial charge in [0.15, 0.2) is 17.7 Å². The second kappa shape index (κ2) is 23.1. The fourth-order valence-corrected chi connectivity index (χ4v) is 5.65. The van der Waals surface area contributed by atoms with Gasteiger partial charge >= 0.3 is 64.8 Å². The molecule has 4 atom stereocenters. The minimum atomic E-state index is -3.70. The van der Waals surface area contributed by atoms with Gasteiger partial charge in [-0.3, -0.25) is 23.6 Å². The van der Waals surface area contributed by atoms with Gasteiger partial charge in [-0.1, -0.05) is 0 Å². The zero-order valence-electron chi connectivity index (χ0n) is 32.4. The molecule has 0 spiro atoms. The molecule has 0 radical (unpaired) electrons. The number of anilines is 3. The zero-order chi connectivity index (χ0) is 39.3. The van der Waals surface area contributed by atoms with Gasteiger partial charge in [0.25, 0.3) is 20.2 Å². The molecule has 1 aliphatic heterocycles. The summed E-state index contributed by atoms with van der Waals surface area (Å²) < 4.78 is 70.0. The number of rotatable bonds is 10. The molecule has 25 heteroatoms. The Morgan fingerprint density at radius 1 is 0.855 bits per heavy atom. The normalized spacial score (nSPS) is 17.5. The molecular weight excluding hydrogens is 794 g/mol. The van der Waals surface area contributed by atoms with Gasteiger partial charge in [-0.2, -0.15) is 16.8 Å². The third-order valence-electron chi connectivity index (χ3n) is 6.93. The number of nitrogen functional groups attached to an aromatic ring is 1. The number of imidazole rings is 1. The number of nitrogens with one attached hydrogen (secondary N) is 2. The summed E-state index contributed by atoms with van der Waals surface area (Å²) in [6, 6.07) is 11.1. The van der Waals surface area contributed by atoms with Crippen LogP contribution < -0.4 is 51.0 Å². The molecule has 4 unspecified atom stereocenters. The van der Waals surface area contributed by atoms with Crippen molar-refractivity contribution >= 4 is 83.8 Å². The van der Waals surface area contributed by atoms with Gasteiger partial charge in [0, 0.05) is 11.4 Å². The monoisotopic (exact) mass is 833 g/mol. The minimum absolute atomic E-state index is 0. The van der Waals surface area contributed by atoms with Crippen molar-refractivity contribution in [1.29, 1.82) is 0 Å². The number of fused-ring (bicyclic) bond motifs is 1. The first-order valence-electron chi connectivity index (χ1n) is 15.3. The Balaban J connectivity index is 0. The third kappa shape index (κ3) is 13.7. The van der Waals surface area contributed by atoms with Crippen molar-refractivity contribution in [2.75, 3.05) is 50.4 Å². The molecule has 21 nitrogen and oxygen atoms in total. The Morgan fingerprint density at radius 3 is 1.69 bits per heavy atom. The van der Waals surface area contributed by atoms with Crippen molar-refractivity contribution in [3.05, 3.63) is 61.2 Å². The SMILES string of the molecule is CCOC(=O)Nc1ccc(S(=O)(=O)OC)cc1.CCOC(=O)Nc1ccc(S(=O)(=O)OC)cc1.Nc1ncnc2c1ncn2C1OC(C[O-])C(O)C1O.[H-].[H-].[Mg+2].[Na+]. The maximum Gasteiger partial charge on any atom is 2.00 e. The molecule has 2 amide bonds. The largest absolute Gasteiger partial charge is 2.00 e. The maximum absolute atomic E-state index is 11.3. The van der Waals surface area contributed by atoms with Crippen LogP contribution in [-0.2, 0) is 42.8 Å². The van der Waals surface area contributed by atoms with E-state index in [-0.39, 0.29) is 84.3 Å². The van der Waals surface area contributed by atoms with E-state index in [1.54, 1.807) is 13.8 Å². The van der Waals surface area contributed by atoms with Crippen molar-refractivity contribution in [3.63, 3.8) is 0 Å². The number of aliphatic hydroxyl groups is 2. The summed E-state index contributed by atoms with van der Waals surface area (Å²) >= 11 is 0. The average Bonchev–Trinajstić information content (AvgIpc) is 3.70. The molecule has 2 aromatic carbocycles. The minimum Gasteiger partial charge on any atom is -1.00 e. The molecule has 1 saturated heterocycles. The first-order chi connectivity index (χ1) is 25.1. The molecule has 1 fully saturated rings. The van der Waals surface area contributed by atoms with E-state index in [1.165, 1.54) is 65.8 Å². The van der Waals surface area contributed by atoms with Crippen molar-refractivity contribution in [2.24, 2.45) is 0 Å². The summed E-state index contributed by atoms with van der Waals surface area (Å²) in [6.07, 6.45) is -2.89. The van der Waals surface area contributed by atoms with E-state index in [9.17, 15) is 41.7 Å². The van der Waals surface area contributed by atoms with E-state index in [0.717, 1.165) is 14.2 Å². The summed E-state index contributed by atoms with van der Waals surface area (Å²) in [6.45, 7) is 3.27. The number of amides is 2.